The van der Waals surface area contributed by atoms with Crippen LogP contribution in [-0.2, 0) is 10.0 Å². The molecular formula is C13H18ClN3O2S. The number of rotatable bonds is 6. The van der Waals surface area contributed by atoms with Gasteiger partial charge in [-0.1, -0.05) is 25.4 Å². The molecule has 0 aromatic heterocycles. The lowest BCUT2D eigenvalue weighted by molar-refractivity contribution is 0.392. The summed E-state index contributed by atoms with van der Waals surface area (Å²) in [6, 6.07) is 5.96. The van der Waals surface area contributed by atoms with E-state index in [1.807, 2.05) is 19.9 Å². The second-order valence-corrected chi connectivity index (χ2v) is 6.79. The SMILES string of the molecule is CCC(N)(CC)CNS(=O)(=O)c1ccc(C#N)cc1Cl. The number of nitriles is 1. The summed E-state index contributed by atoms with van der Waals surface area (Å²) in [4.78, 5) is -0.0484. The van der Waals surface area contributed by atoms with Crippen molar-refractivity contribution in [2.24, 2.45) is 5.73 Å². The molecule has 0 heterocycles. The highest BCUT2D eigenvalue weighted by Gasteiger charge is 2.25. The first-order valence-corrected chi connectivity index (χ1v) is 8.12. The van der Waals surface area contributed by atoms with E-state index < -0.39 is 15.6 Å². The molecule has 0 fully saturated rings. The van der Waals surface area contributed by atoms with Crippen molar-refractivity contribution in [1.82, 2.24) is 4.72 Å². The Kier molecular flexibility index (Phi) is 5.54. The van der Waals surface area contributed by atoms with Gasteiger partial charge in [-0.05, 0) is 31.0 Å². The smallest absolute Gasteiger partial charge is 0.242 e. The van der Waals surface area contributed by atoms with Crippen LogP contribution in [0.4, 0.5) is 0 Å². The van der Waals surface area contributed by atoms with Gasteiger partial charge in [0.2, 0.25) is 10.0 Å². The minimum atomic E-state index is -3.74. The predicted molar refractivity (Wildman–Crippen MR) is 78.9 cm³/mol. The van der Waals surface area contributed by atoms with Crippen molar-refractivity contribution in [3.63, 3.8) is 0 Å². The molecule has 7 heteroatoms. The van der Waals surface area contributed by atoms with E-state index in [0.717, 1.165) is 0 Å². The Hall–Kier alpha value is -1.13. The van der Waals surface area contributed by atoms with E-state index in [-0.39, 0.29) is 16.5 Å². The summed E-state index contributed by atoms with van der Waals surface area (Å²) in [7, 11) is -3.74. The van der Waals surface area contributed by atoms with Crippen LogP contribution in [0, 0.1) is 11.3 Å². The molecular weight excluding hydrogens is 298 g/mol. The van der Waals surface area contributed by atoms with Gasteiger partial charge >= 0.3 is 0 Å². The van der Waals surface area contributed by atoms with Crippen molar-refractivity contribution in [3.8, 4) is 6.07 Å². The lowest BCUT2D eigenvalue weighted by Gasteiger charge is -2.26. The Morgan fingerprint density at radius 3 is 2.45 bits per heavy atom. The zero-order valence-corrected chi connectivity index (χ0v) is 13.1. The number of hydrogen-bond donors (Lipinski definition) is 2. The molecule has 0 saturated heterocycles. The van der Waals surface area contributed by atoms with Crippen LogP contribution in [0.5, 0.6) is 0 Å². The third kappa shape index (κ3) is 3.93. The minimum absolute atomic E-state index is 0.0205. The highest BCUT2D eigenvalue weighted by Crippen LogP contribution is 2.22. The highest BCUT2D eigenvalue weighted by molar-refractivity contribution is 7.89. The number of nitrogens with zero attached hydrogens (tertiary/aromatic N) is 1. The van der Waals surface area contributed by atoms with E-state index in [9.17, 15) is 8.42 Å². The maximum absolute atomic E-state index is 12.2. The lowest BCUT2D eigenvalue weighted by atomic mass is 9.95. The van der Waals surface area contributed by atoms with Crippen molar-refractivity contribution < 1.29 is 8.42 Å². The summed E-state index contributed by atoms with van der Waals surface area (Å²) in [5.74, 6) is 0. The number of benzene rings is 1. The summed E-state index contributed by atoms with van der Waals surface area (Å²) >= 11 is 5.91. The fraction of sp³-hybridized carbons (Fsp3) is 0.462. The monoisotopic (exact) mass is 315 g/mol. The fourth-order valence-corrected chi connectivity index (χ4v) is 3.29. The largest absolute Gasteiger partial charge is 0.324 e. The van der Waals surface area contributed by atoms with E-state index in [4.69, 9.17) is 22.6 Å². The first-order valence-electron chi connectivity index (χ1n) is 6.26. The molecule has 20 heavy (non-hydrogen) atoms. The molecule has 0 radical (unpaired) electrons. The van der Waals surface area contributed by atoms with E-state index in [1.165, 1.54) is 18.2 Å². The van der Waals surface area contributed by atoms with Gasteiger partial charge in [-0.3, -0.25) is 0 Å². The lowest BCUT2D eigenvalue weighted by Crippen LogP contribution is -2.49. The standard InChI is InChI=1S/C13H18ClN3O2S/c1-3-13(16,4-2)9-17-20(18,19)12-6-5-10(8-15)7-11(12)14/h5-7,17H,3-4,9,16H2,1-2H3. The highest BCUT2D eigenvalue weighted by atomic mass is 35.5. The topological polar surface area (TPSA) is 96.0 Å². The van der Waals surface area contributed by atoms with Gasteiger partial charge < -0.3 is 5.73 Å². The number of hydrogen-bond acceptors (Lipinski definition) is 4. The van der Waals surface area contributed by atoms with E-state index in [0.29, 0.717) is 18.4 Å². The maximum Gasteiger partial charge on any atom is 0.242 e. The van der Waals surface area contributed by atoms with Crippen molar-refractivity contribution in [3.05, 3.63) is 28.8 Å². The molecule has 5 nitrogen and oxygen atoms in total. The number of nitrogens with two attached hydrogens (primary N) is 1. The molecule has 0 aliphatic heterocycles. The average molecular weight is 316 g/mol. The first kappa shape index (κ1) is 16.9. The van der Waals surface area contributed by atoms with Gasteiger partial charge in [0.1, 0.15) is 4.90 Å². The summed E-state index contributed by atoms with van der Waals surface area (Å²) in [5, 5.41) is 8.76. The van der Waals surface area contributed by atoms with E-state index >= 15 is 0 Å². The molecule has 0 unspecified atom stereocenters. The van der Waals surface area contributed by atoms with Crippen LogP contribution in [0.1, 0.15) is 32.3 Å². The third-order valence-electron chi connectivity index (χ3n) is 3.37. The molecule has 1 rings (SSSR count). The Bertz CT molecular complexity index is 619. The van der Waals surface area contributed by atoms with Gasteiger partial charge in [0, 0.05) is 12.1 Å². The fourth-order valence-electron chi connectivity index (χ4n) is 1.60. The summed E-state index contributed by atoms with van der Waals surface area (Å²) in [5.41, 5.74) is 5.79. The average Bonchev–Trinajstić information content (AvgIpc) is 2.44. The Morgan fingerprint density at radius 1 is 1.40 bits per heavy atom. The van der Waals surface area contributed by atoms with Crippen LogP contribution in [0.3, 0.4) is 0 Å². The number of nitrogens with one attached hydrogen (secondary N) is 1. The molecule has 0 aliphatic rings. The summed E-state index contributed by atoms with van der Waals surface area (Å²) in [6.45, 7) is 3.96. The van der Waals surface area contributed by atoms with E-state index in [1.54, 1.807) is 0 Å². The summed E-state index contributed by atoms with van der Waals surface area (Å²) < 4.78 is 26.9. The zero-order valence-electron chi connectivity index (χ0n) is 11.5. The first-order chi connectivity index (χ1) is 9.28. The molecule has 0 aliphatic carbocycles. The molecule has 1 aromatic carbocycles. The van der Waals surface area contributed by atoms with Crippen LogP contribution in [0.2, 0.25) is 5.02 Å². The van der Waals surface area contributed by atoms with Crippen molar-refractivity contribution in [1.29, 1.82) is 5.26 Å². The van der Waals surface area contributed by atoms with Gasteiger partial charge in [-0.25, -0.2) is 13.1 Å². The number of sulfonamides is 1. The van der Waals surface area contributed by atoms with Crippen molar-refractivity contribution >= 4 is 21.6 Å². The molecule has 0 atom stereocenters. The normalized spacial score (nSPS) is 12.2. The predicted octanol–water partition coefficient (Wildman–Crippen LogP) is 2.01. The summed E-state index contributed by atoms with van der Waals surface area (Å²) in [6.07, 6.45) is 1.32. The van der Waals surface area contributed by atoms with Gasteiger partial charge in [0.05, 0.1) is 16.7 Å². The zero-order chi connectivity index (χ0) is 15.4. The Morgan fingerprint density at radius 2 is 2.00 bits per heavy atom. The van der Waals surface area contributed by atoms with Gasteiger partial charge in [0.25, 0.3) is 0 Å². The van der Waals surface area contributed by atoms with Crippen molar-refractivity contribution in [2.45, 2.75) is 37.1 Å². The van der Waals surface area contributed by atoms with Crippen LogP contribution >= 0.6 is 11.6 Å². The second-order valence-electron chi connectivity index (χ2n) is 4.65. The Balaban J connectivity index is 2.98. The molecule has 110 valence electrons. The quantitative estimate of drug-likeness (QED) is 0.839. The second kappa shape index (κ2) is 6.55. The molecule has 1 aromatic rings. The van der Waals surface area contributed by atoms with Crippen LogP contribution in [0.25, 0.3) is 0 Å². The van der Waals surface area contributed by atoms with Crippen molar-refractivity contribution in [2.75, 3.05) is 6.54 Å². The minimum Gasteiger partial charge on any atom is -0.324 e. The maximum atomic E-state index is 12.2. The molecule has 0 amide bonds. The van der Waals surface area contributed by atoms with E-state index in [2.05, 4.69) is 4.72 Å². The third-order valence-corrected chi connectivity index (χ3v) is 5.26. The van der Waals surface area contributed by atoms with Gasteiger partial charge in [-0.2, -0.15) is 5.26 Å². The van der Waals surface area contributed by atoms with Crippen LogP contribution in [-0.4, -0.2) is 20.5 Å². The van der Waals surface area contributed by atoms with Gasteiger partial charge in [-0.15, -0.1) is 0 Å². The van der Waals surface area contributed by atoms with Crippen LogP contribution in [0.15, 0.2) is 23.1 Å². The molecule has 0 spiro atoms. The molecule has 0 saturated carbocycles. The molecule has 0 bridgehead atoms. The number of halogens is 1. The van der Waals surface area contributed by atoms with Gasteiger partial charge in [0.15, 0.2) is 0 Å². The van der Waals surface area contributed by atoms with Crippen LogP contribution < -0.4 is 10.5 Å². The Labute approximate surface area is 124 Å². The molecule has 3 N–H and O–H groups in total.